The van der Waals surface area contributed by atoms with Crippen molar-refractivity contribution in [1.29, 1.82) is 5.41 Å². The van der Waals surface area contributed by atoms with Crippen molar-refractivity contribution in [2.45, 2.75) is 6.54 Å². The Morgan fingerprint density at radius 2 is 2.27 bits per heavy atom. The highest BCUT2D eigenvalue weighted by Crippen LogP contribution is 2.18. The van der Waals surface area contributed by atoms with Gasteiger partial charge in [-0.2, -0.15) is 0 Å². The van der Waals surface area contributed by atoms with Crippen molar-refractivity contribution >= 4 is 34.5 Å². The van der Waals surface area contributed by atoms with E-state index in [-0.39, 0.29) is 12.4 Å². The lowest BCUT2D eigenvalue weighted by molar-refractivity contribution is 0.298. The molecule has 9 heteroatoms. The van der Waals surface area contributed by atoms with Crippen LogP contribution in [0.4, 0.5) is 11.6 Å². The van der Waals surface area contributed by atoms with Gasteiger partial charge in [-0.1, -0.05) is 0 Å². The number of hydrogen-bond acceptors (Lipinski definition) is 8. The van der Waals surface area contributed by atoms with Gasteiger partial charge in [0, 0.05) is 36.4 Å². The topological polar surface area (TPSA) is 149 Å². The maximum absolute atomic E-state index is 8.82. The van der Waals surface area contributed by atoms with Crippen molar-refractivity contribution in [2.75, 3.05) is 24.2 Å². The number of H-pyrrole nitrogens is 1. The van der Waals surface area contributed by atoms with Crippen molar-refractivity contribution < 1.29 is 5.11 Å². The van der Waals surface area contributed by atoms with E-state index in [0.29, 0.717) is 30.2 Å². The molecule has 134 valence electrons. The first-order valence-corrected chi connectivity index (χ1v) is 8.05. The summed E-state index contributed by atoms with van der Waals surface area (Å²) in [6.45, 7) is 0.867. The molecule has 3 heterocycles. The molecule has 3 rings (SSSR count). The lowest BCUT2D eigenvalue weighted by atomic mass is 10.2. The Kier molecular flexibility index (Phi) is 5.40. The molecule has 0 aliphatic heterocycles. The van der Waals surface area contributed by atoms with Crippen LogP contribution in [0.5, 0.6) is 0 Å². The second-order valence-corrected chi connectivity index (χ2v) is 5.50. The minimum Gasteiger partial charge on any atom is -0.395 e. The van der Waals surface area contributed by atoms with Gasteiger partial charge in [-0.15, -0.1) is 0 Å². The van der Waals surface area contributed by atoms with Gasteiger partial charge in [-0.05, 0) is 18.2 Å². The van der Waals surface area contributed by atoms with Crippen LogP contribution in [-0.4, -0.2) is 44.4 Å². The Bertz CT molecular complexity index is 900. The number of pyridine rings is 1. The number of aromatic amines is 1. The van der Waals surface area contributed by atoms with E-state index >= 15 is 0 Å². The summed E-state index contributed by atoms with van der Waals surface area (Å²) in [6.07, 6.45) is 6.02. The Labute approximate surface area is 149 Å². The van der Waals surface area contributed by atoms with Crippen LogP contribution in [0.2, 0.25) is 0 Å². The van der Waals surface area contributed by atoms with Gasteiger partial charge in [0.1, 0.15) is 0 Å². The summed E-state index contributed by atoms with van der Waals surface area (Å²) in [5, 5.41) is 22.4. The summed E-state index contributed by atoms with van der Waals surface area (Å²) in [5.41, 5.74) is 9.73. The molecule has 0 saturated heterocycles. The maximum atomic E-state index is 8.82. The van der Waals surface area contributed by atoms with E-state index in [4.69, 9.17) is 16.2 Å². The fourth-order valence-corrected chi connectivity index (χ4v) is 2.39. The number of nitrogens with one attached hydrogen (secondary N) is 4. The molecule has 0 atom stereocenters. The molecule has 0 aliphatic rings. The van der Waals surface area contributed by atoms with Gasteiger partial charge in [-0.25, -0.2) is 9.97 Å². The Balaban J connectivity index is 1.76. The van der Waals surface area contributed by atoms with Crippen LogP contribution in [0, 0.1) is 5.41 Å². The number of aliphatic hydroxyl groups excluding tert-OH is 1. The number of nitrogens with zero attached hydrogens (tertiary/aromatic N) is 3. The smallest absolute Gasteiger partial charge is 0.169 e. The Morgan fingerprint density at radius 3 is 3.04 bits per heavy atom. The number of anilines is 2. The fourth-order valence-electron chi connectivity index (χ4n) is 2.39. The highest BCUT2D eigenvalue weighted by Gasteiger charge is 2.08. The summed E-state index contributed by atoms with van der Waals surface area (Å²) in [6, 6.07) is 5.79. The largest absolute Gasteiger partial charge is 0.395 e. The zero-order chi connectivity index (χ0) is 18.4. The lowest BCUT2D eigenvalue weighted by Crippen LogP contribution is -2.13. The van der Waals surface area contributed by atoms with E-state index in [2.05, 4.69) is 30.6 Å². The average molecular weight is 352 g/mol. The van der Waals surface area contributed by atoms with Crippen LogP contribution in [0.15, 0.2) is 36.8 Å². The molecular formula is C17H20N8O. The standard InChI is InChI=1S/C17H20N8O/c18-7-11(8-20-4-5-26)15-10-22-16(19)17(25-15)23-9-12-6-14-13(24-12)2-1-3-21-14/h1-3,6-8,10,18,20,24,26H,4-5,9H2,(H2,19,22)(H,23,25)/b11-8+,18-7?. The van der Waals surface area contributed by atoms with E-state index in [1.165, 1.54) is 6.20 Å². The zero-order valence-corrected chi connectivity index (χ0v) is 14.0. The van der Waals surface area contributed by atoms with Crippen LogP contribution in [0.25, 0.3) is 16.6 Å². The minimum absolute atomic E-state index is 0.00135. The van der Waals surface area contributed by atoms with Gasteiger partial charge >= 0.3 is 0 Å². The monoisotopic (exact) mass is 352 g/mol. The first-order chi connectivity index (χ1) is 12.7. The van der Waals surface area contributed by atoms with Crippen LogP contribution >= 0.6 is 0 Å². The van der Waals surface area contributed by atoms with E-state index < -0.39 is 0 Å². The number of rotatable bonds is 8. The third-order valence-electron chi connectivity index (χ3n) is 3.66. The van der Waals surface area contributed by atoms with Gasteiger partial charge in [-0.3, -0.25) is 4.98 Å². The number of nitrogens with two attached hydrogens (primary N) is 1. The summed E-state index contributed by atoms with van der Waals surface area (Å²) < 4.78 is 0. The number of aromatic nitrogens is 4. The molecule has 0 aliphatic carbocycles. The highest BCUT2D eigenvalue weighted by molar-refractivity contribution is 6.07. The highest BCUT2D eigenvalue weighted by atomic mass is 16.3. The quantitative estimate of drug-likeness (QED) is 0.263. The predicted octanol–water partition coefficient (Wildman–Crippen LogP) is 1.12. The van der Waals surface area contributed by atoms with E-state index in [9.17, 15) is 0 Å². The molecular weight excluding hydrogens is 332 g/mol. The van der Waals surface area contributed by atoms with E-state index in [1.807, 2.05) is 18.2 Å². The maximum Gasteiger partial charge on any atom is 0.169 e. The number of nitrogen functional groups attached to an aromatic ring is 1. The van der Waals surface area contributed by atoms with Crippen LogP contribution < -0.4 is 16.4 Å². The molecule has 3 aromatic rings. The molecule has 0 spiro atoms. The molecule has 9 nitrogen and oxygen atoms in total. The van der Waals surface area contributed by atoms with Gasteiger partial charge in [0.25, 0.3) is 0 Å². The number of allylic oxidation sites excluding steroid dienone is 1. The summed E-state index contributed by atoms with van der Waals surface area (Å²) in [7, 11) is 0. The van der Waals surface area contributed by atoms with Crippen molar-refractivity contribution in [3.63, 3.8) is 0 Å². The third kappa shape index (κ3) is 3.95. The summed E-state index contributed by atoms with van der Waals surface area (Å²) >= 11 is 0. The minimum atomic E-state index is 0.00135. The molecule has 0 saturated carbocycles. The molecule has 0 radical (unpaired) electrons. The van der Waals surface area contributed by atoms with Gasteiger partial charge in [0.15, 0.2) is 11.6 Å². The van der Waals surface area contributed by atoms with Crippen molar-refractivity contribution in [2.24, 2.45) is 0 Å². The zero-order valence-electron chi connectivity index (χ0n) is 14.0. The first kappa shape index (κ1) is 17.4. The molecule has 0 bridgehead atoms. The average Bonchev–Trinajstić information content (AvgIpc) is 3.08. The van der Waals surface area contributed by atoms with Crippen LogP contribution in [0.3, 0.4) is 0 Å². The van der Waals surface area contributed by atoms with E-state index in [0.717, 1.165) is 22.9 Å². The molecule has 0 fully saturated rings. The van der Waals surface area contributed by atoms with Crippen LogP contribution in [0.1, 0.15) is 11.4 Å². The van der Waals surface area contributed by atoms with Gasteiger partial charge in [0.2, 0.25) is 0 Å². The Morgan fingerprint density at radius 1 is 1.38 bits per heavy atom. The predicted molar refractivity (Wildman–Crippen MR) is 102 cm³/mol. The molecule has 0 aromatic carbocycles. The van der Waals surface area contributed by atoms with Gasteiger partial charge in [0.05, 0.1) is 36.1 Å². The normalized spacial score (nSPS) is 11.5. The summed E-state index contributed by atoms with van der Waals surface area (Å²) in [4.78, 5) is 16.1. The molecule has 7 N–H and O–H groups in total. The number of aliphatic hydroxyl groups is 1. The second-order valence-electron chi connectivity index (χ2n) is 5.50. The molecule has 0 unspecified atom stereocenters. The van der Waals surface area contributed by atoms with Crippen molar-refractivity contribution in [3.8, 4) is 0 Å². The molecule has 3 aromatic heterocycles. The van der Waals surface area contributed by atoms with Gasteiger partial charge < -0.3 is 31.9 Å². The molecule has 26 heavy (non-hydrogen) atoms. The fraction of sp³-hybridized carbons (Fsp3) is 0.176. The third-order valence-corrected chi connectivity index (χ3v) is 3.66. The first-order valence-electron chi connectivity index (χ1n) is 8.05. The molecule has 0 amide bonds. The Hall–Kier alpha value is -3.46. The second kappa shape index (κ2) is 8.08. The van der Waals surface area contributed by atoms with E-state index in [1.54, 1.807) is 12.4 Å². The SMILES string of the molecule is N=C/C(=C\NCCO)c1cnc(N)c(NCc2cc3ncccc3[nH]2)n1. The van der Waals surface area contributed by atoms with Crippen LogP contribution in [-0.2, 0) is 6.54 Å². The van der Waals surface area contributed by atoms with Crippen molar-refractivity contribution in [3.05, 3.63) is 48.2 Å². The number of hydrogen-bond donors (Lipinski definition) is 6. The number of fused-ring (bicyclic) bond motifs is 1. The summed E-state index contributed by atoms with van der Waals surface area (Å²) in [5.74, 6) is 0.708. The van der Waals surface area contributed by atoms with Crippen molar-refractivity contribution in [1.82, 2.24) is 25.3 Å². The lowest BCUT2D eigenvalue weighted by Gasteiger charge is -2.09.